The minimum atomic E-state index is -1.04. The van der Waals surface area contributed by atoms with Crippen LogP contribution in [0.4, 0.5) is 0 Å². The van der Waals surface area contributed by atoms with Gasteiger partial charge in [0.15, 0.2) is 6.61 Å². The highest BCUT2D eigenvalue weighted by Crippen LogP contribution is 2.17. The monoisotopic (exact) mass is 275 g/mol. The summed E-state index contributed by atoms with van der Waals surface area (Å²) in [6, 6.07) is 6.64. The van der Waals surface area contributed by atoms with Gasteiger partial charge in [-0.2, -0.15) is 0 Å². The zero-order valence-corrected chi connectivity index (χ0v) is 10.7. The van der Waals surface area contributed by atoms with Gasteiger partial charge >= 0.3 is 5.97 Å². The summed E-state index contributed by atoms with van der Waals surface area (Å²) in [5.74, 6) is -0.906. The van der Waals surface area contributed by atoms with E-state index in [4.69, 9.17) is 15.3 Å². The fourth-order valence-electron chi connectivity index (χ4n) is 1.65. The first-order chi connectivity index (χ1) is 9.47. The largest absolute Gasteiger partial charge is 0.482 e. The molecule has 0 saturated carbocycles. The maximum absolute atomic E-state index is 11.6. The van der Waals surface area contributed by atoms with E-state index in [1.807, 2.05) is 0 Å². The van der Waals surface area contributed by atoms with Crippen molar-refractivity contribution in [3.8, 4) is 5.75 Å². The molecule has 0 aromatic heterocycles. The molecule has 0 spiro atoms. The molecule has 2 rings (SSSR count). The van der Waals surface area contributed by atoms with Crippen LogP contribution >= 0.6 is 0 Å². The van der Waals surface area contributed by atoms with Crippen molar-refractivity contribution in [1.82, 2.24) is 10.2 Å². The van der Waals surface area contributed by atoms with Crippen molar-refractivity contribution in [2.45, 2.75) is 0 Å². The number of benzene rings is 1. The Morgan fingerprint density at radius 2 is 2.10 bits per heavy atom. The smallest absolute Gasteiger partial charge is 0.341 e. The van der Waals surface area contributed by atoms with Gasteiger partial charge in [0.05, 0.1) is 0 Å². The summed E-state index contributed by atoms with van der Waals surface area (Å²) >= 11 is 0. The van der Waals surface area contributed by atoms with E-state index in [0.717, 1.165) is 5.56 Å². The number of carbonyl (C=O) groups is 2. The van der Waals surface area contributed by atoms with E-state index in [1.54, 1.807) is 37.4 Å². The number of nitrogens with zero attached hydrogens (tertiary/aromatic N) is 1. The van der Waals surface area contributed by atoms with Crippen LogP contribution < -0.4 is 10.1 Å². The van der Waals surface area contributed by atoms with Gasteiger partial charge in [-0.05, 0) is 23.8 Å². The maximum Gasteiger partial charge on any atom is 0.341 e. The van der Waals surface area contributed by atoms with Crippen molar-refractivity contribution in [2.24, 2.45) is 0 Å². The second-order valence-corrected chi connectivity index (χ2v) is 4.14. The molecule has 20 heavy (non-hydrogen) atoms. The van der Waals surface area contributed by atoms with E-state index in [-0.39, 0.29) is 11.9 Å². The lowest BCUT2D eigenvalue weighted by Crippen LogP contribution is -2.25. The molecule has 104 valence electrons. The van der Waals surface area contributed by atoms with Crippen LogP contribution in [0.15, 0.2) is 30.0 Å². The number of likely N-dealkylation sites (N-methyl/N-ethyl adjacent to an activating group) is 1. The van der Waals surface area contributed by atoms with Crippen LogP contribution in [-0.2, 0) is 9.59 Å². The lowest BCUT2D eigenvalue weighted by Gasteiger charge is -2.09. The van der Waals surface area contributed by atoms with Crippen molar-refractivity contribution in [1.29, 1.82) is 5.41 Å². The van der Waals surface area contributed by atoms with Crippen LogP contribution in [0.3, 0.4) is 0 Å². The fourth-order valence-corrected chi connectivity index (χ4v) is 1.65. The predicted molar refractivity (Wildman–Crippen MR) is 71.2 cm³/mol. The van der Waals surface area contributed by atoms with E-state index in [1.165, 1.54) is 4.90 Å². The first-order valence-corrected chi connectivity index (χ1v) is 5.77. The van der Waals surface area contributed by atoms with Crippen LogP contribution in [0.25, 0.3) is 6.08 Å². The van der Waals surface area contributed by atoms with E-state index in [2.05, 4.69) is 5.32 Å². The van der Waals surface area contributed by atoms with E-state index < -0.39 is 12.6 Å². The quantitative estimate of drug-likeness (QED) is 0.694. The minimum absolute atomic E-state index is 0.0302. The van der Waals surface area contributed by atoms with Gasteiger partial charge in [0.25, 0.3) is 5.91 Å². The Labute approximate surface area is 115 Å². The minimum Gasteiger partial charge on any atom is -0.482 e. The van der Waals surface area contributed by atoms with E-state index >= 15 is 0 Å². The standard InChI is InChI=1S/C13H13N3O4/c1-16-10(12(19)15-13(16)14)6-8-2-4-9(5-3-8)20-7-11(17)18/h2-6H,7H2,1H3,(H,17,18)(H2,14,15,19)/b10-6-. The number of hydrogen-bond donors (Lipinski definition) is 3. The highest BCUT2D eigenvalue weighted by Gasteiger charge is 2.26. The van der Waals surface area contributed by atoms with Gasteiger partial charge in [-0.1, -0.05) is 12.1 Å². The molecule has 3 N–H and O–H groups in total. The molecule has 1 aromatic carbocycles. The highest BCUT2D eigenvalue weighted by molar-refractivity contribution is 6.14. The molecule has 7 heteroatoms. The number of nitrogens with one attached hydrogen (secondary N) is 2. The molecule has 1 aromatic rings. The Kier molecular flexibility index (Phi) is 3.69. The van der Waals surface area contributed by atoms with Gasteiger partial charge in [-0.3, -0.25) is 15.5 Å². The van der Waals surface area contributed by atoms with Gasteiger partial charge in [-0.15, -0.1) is 0 Å². The Morgan fingerprint density at radius 3 is 2.60 bits per heavy atom. The summed E-state index contributed by atoms with van der Waals surface area (Å²) in [7, 11) is 1.62. The molecular weight excluding hydrogens is 262 g/mol. The van der Waals surface area contributed by atoms with E-state index in [9.17, 15) is 9.59 Å². The predicted octanol–water partition coefficient (Wildman–Crippen LogP) is 0.487. The number of hydrogen-bond acceptors (Lipinski definition) is 4. The molecule has 1 heterocycles. The molecule has 0 bridgehead atoms. The molecule has 1 aliphatic rings. The Morgan fingerprint density at radius 1 is 1.45 bits per heavy atom. The van der Waals surface area contributed by atoms with Crippen LogP contribution in [0.2, 0.25) is 0 Å². The lowest BCUT2D eigenvalue weighted by molar-refractivity contribution is -0.139. The summed E-state index contributed by atoms with van der Waals surface area (Å²) in [5.41, 5.74) is 1.12. The van der Waals surface area contributed by atoms with Gasteiger partial charge in [0, 0.05) is 7.05 Å². The Bertz CT molecular complexity index is 592. The molecule has 1 saturated heterocycles. The van der Waals surface area contributed by atoms with Gasteiger partial charge < -0.3 is 14.7 Å². The third-order valence-corrected chi connectivity index (χ3v) is 2.71. The van der Waals surface area contributed by atoms with Crippen molar-refractivity contribution >= 4 is 23.9 Å². The fraction of sp³-hybridized carbons (Fsp3) is 0.154. The summed E-state index contributed by atoms with van der Waals surface area (Å²) in [5, 5.41) is 18.4. The van der Waals surface area contributed by atoms with E-state index in [0.29, 0.717) is 11.4 Å². The summed E-state index contributed by atoms with van der Waals surface area (Å²) in [6.07, 6.45) is 1.64. The molecule has 1 fully saturated rings. The summed E-state index contributed by atoms with van der Waals surface area (Å²) in [4.78, 5) is 23.4. The topological polar surface area (TPSA) is 103 Å². The SMILES string of the molecule is CN1C(=N)NC(=O)/C1=C/c1ccc(OCC(=O)O)cc1. The zero-order valence-electron chi connectivity index (χ0n) is 10.7. The van der Waals surface area contributed by atoms with Gasteiger partial charge in [0.1, 0.15) is 11.4 Å². The second-order valence-electron chi connectivity index (χ2n) is 4.14. The number of amides is 1. The number of rotatable bonds is 4. The van der Waals surface area contributed by atoms with Gasteiger partial charge in [0.2, 0.25) is 5.96 Å². The Balaban J connectivity index is 2.12. The number of guanidine groups is 1. The number of aliphatic carboxylic acids is 1. The van der Waals surface area contributed by atoms with Gasteiger partial charge in [-0.25, -0.2) is 4.79 Å². The Hall–Kier alpha value is -2.83. The van der Waals surface area contributed by atoms with Crippen LogP contribution in [0.1, 0.15) is 5.56 Å². The number of ether oxygens (including phenoxy) is 1. The molecule has 1 aliphatic heterocycles. The molecule has 0 atom stereocenters. The van der Waals surface area contributed by atoms with Crippen molar-refractivity contribution in [3.63, 3.8) is 0 Å². The molecule has 1 amide bonds. The molecule has 0 aliphatic carbocycles. The third kappa shape index (κ3) is 2.94. The zero-order chi connectivity index (χ0) is 14.7. The average molecular weight is 275 g/mol. The number of carbonyl (C=O) groups excluding carboxylic acids is 1. The normalized spacial score (nSPS) is 16.4. The second kappa shape index (κ2) is 5.43. The maximum atomic E-state index is 11.6. The number of carboxylic acids is 1. The van der Waals surface area contributed by atoms with Crippen LogP contribution in [0.5, 0.6) is 5.75 Å². The third-order valence-electron chi connectivity index (χ3n) is 2.71. The van der Waals surface area contributed by atoms with Crippen molar-refractivity contribution < 1.29 is 19.4 Å². The molecular formula is C13H13N3O4. The molecule has 7 nitrogen and oxygen atoms in total. The average Bonchev–Trinajstić information content (AvgIpc) is 2.64. The van der Waals surface area contributed by atoms with Crippen LogP contribution in [-0.4, -0.2) is 41.5 Å². The first kappa shape index (κ1) is 13.6. The van der Waals surface area contributed by atoms with Crippen molar-refractivity contribution in [3.05, 3.63) is 35.5 Å². The van der Waals surface area contributed by atoms with Crippen LogP contribution in [0, 0.1) is 5.41 Å². The first-order valence-electron chi connectivity index (χ1n) is 5.77. The lowest BCUT2D eigenvalue weighted by atomic mass is 10.2. The summed E-state index contributed by atoms with van der Waals surface area (Å²) < 4.78 is 5.01. The highest BCUT2D eigenvalue weighted by atomic mass is 16.5. The summed E-state index contributed by atoms with van der Waals surface area (Å²) in [6.45, 7) is -0.400. The van der Waals surface area contributed by atoms with Crippen molar-refractivity contribution in [2.75, 3.05) is 13.7 Å². The number of carboxylic acid groups (broad SMARTS) is 1. The molecule has 0 unspecified atom stereocenters. The molecule has 0 radical (unpaired) electrons.